The average molecular weight is 379 g/mol. The third-order valence-corrected chi connectivity index (χ3v) is 7.21. The van der Waals surface area contributed by atoms with Gasteiger partial charge in [-0.2, -0.15) is 0 Å². The van der Waals surface area contributed by atoms with E-state index in [1.165, 1.54) is 46.0 Å². The highest BCUT2D eigenvalue weighted by Gasteiger charge is 2.37. The summed E-state index contributed by atoms with van der Waals surface area (Å²) in [6.45, 7) is 9.44. The number of hydrogen-bond acceptors (Lipinski definition) is 3. The molecule has 0 atom stereocenters. The molecule has 0 aliphatic heterocycles. The number of fused-ring (bicyclic) bond motifs is 2. The zero-order chi connectivity index (χ0) is 19.4. The molecule has 0 bridgehead atoms. The van der Waals surface area contributed by atoms with E-state index in [4.69, 9.17) is 4.74 Å². The fourth-order valence-corrected chi connectivity index (χ4v) is 5.22. The van der Waals surface area contributed by atoms with E-state index in [0.29, 0.717) is 5.75 Å². The monoisotopic (exact) mass is 378 g/mol. The van der Waals surface area contributed by atoms with Crippen molar-refractivity contribution in [2.75, 3.05) is 7.11 Å². The molecule has 1 aliphatic rings. The maximum atomic E-state index is 12.0. The molecular formula is C24H26O2S. The molecule has 1 aromatic heterocycles. The molecule has 0 N–H and O–H groups in total. The molecule has 1 heterocycles. The fraction of sp³-hybridized carbons (Fsp3) is 0.375. The van der Waals surface area contributed by atoms with Gasteiger partial charge in [-0.3, -0.25) is 4.79 Å². The molecule has 3 aromatic rings. The van der Waals surface area contributed by atoms with Crippen molar-refractivity contribution in [2.45, 2.75) is 51.4 Å². The maximum Gasteiger partial charge on any atom is 0.220 e. The lowest BCUT2D eigenvalue weighted by Gasteiger charge is -2.41. The highest BCUT2D eigenvalue weighted by molar-refractivity contribution is 7.22. The Morgan fingerprint density at radius 3 is 2.19 bits per heavy atom. The topological polar surface area (TPSA) is 26.3 Å². The van der Waals surface area contributed by atoms with Gasteiger partial charge in [-0.25, -0.2) is 0 Å². The maximum absolute atomic E-state index is 12.0. The van der Waals surface area contributed by atoms with Gasteiger partial charge in [-0.1, -0.05) is 27.7 Å². The first-order valence-corrected chi connectivity index (χ1v) is 10.3. The van der Waals surface area contributed by atoms with Gasteiger partial charge in [-0.15, -0.1) is 11.3 Å². The van der Waals surface area contributed by atoms with E-state index in [1.54, 1.807) is 23.5 Å². The Balaban J connectivity index is 1.89. The molecule has 2 nitrogen and oxygen atoms in total. The van der Waals surface area contributed by atoms with E-state index in [9.17, 15) is 4.79 Å². The summed E-state index contributed by atoms with van der Waals surface area (Å²) in [6, 6.07) is 14.3. The molecule has 0 saturated heterocycles. The van der Waals surface area contributed by atoms with Gasteiger partial charge in [-0.05, 0) is 88.2 Å². The van der Waals surface area contributed by atoms with E-state index in [0.717, 1.165) is 5.56 Å². The van der Waals surface area contributed by atoms with Gasteiger partial charge in [0, 0.05) is 9.58 Å². The van der Waals surface area contributed by atoms with Crippen LogP contribution >= 0.6 is 11.3 Å². The molecule has 0 fully saturated rings. The van der Waals surface area contributed by atoms with Crippen LogP contribution in [0.5, 0.6) is 5.75 Å². The van der Waals surface area contributed by atoms with Gasteiger partial charge < -0.3 is 4.74 Å². The lowest BCUT2D eigenvalue weighted by atomic mass is 9.63. The Hall–Kier alpha value is -2.13. The molecule has 140 valence electrons. The smallest absolute Gasteiger partial charge is 0.220 e. The van der Waals surface area contributed by atoms with E-state index < -0.39 is 0 Å². The van der Waals surface area contributed by atoms with Crippen molar-refractivity contribution >= 4 is 21.4 Å². The van der Waals surface area contributed by atoms with Crippen LogP contribution in [-0.2, 0) is 10.8 Å². The Morgan fingerprint density at radius 1 is 0.889 bits per heavy atom. The summed E-state index contributed by atoms with van der Waals surface area (Å²) >= 11 is 1.80. The van der Waals surface area contributed by atoms with Crippen molar-refractivity contribution in [3.8, 4) is 16.2 Å². The molecule has 0 saturated carbocycles. The fourth-order valence-electron chi connectivity index (χ4n) is 4.13. The van der Waals surface area contributed by atoms with Crippen LogP contribution in [0, 0.1) is 0 Å². The number of methoxy groups -OCH3 is 1. The molecule has 27 heavy (non-hydrogen) atoms. The highest BCUT2D eigenvalue weighted by Crippen LogP contribution is 2.48. The third kappa shape index (κ3) is 3.08. The van der Waals surface area contributed by atoms with E-state index in [-0.39, 0.29) is 16.3 Å². The third-order valence-electron chi connectivity index (χ3n) is 6.07. The quantitative estimate of drug-likeness (QED) is 0.524. The zero-order valence-corrected chi connectivity index (χ0v) is 17.5. The van der Waals surface area contributed by atoms with Gasteiger partial charge in [0.2, 0.25) is 5.43 Å². The molecule has 0 spiro atoms. The lowest BCUT2D eigenvalue weighted by Crippen LogP contribution is -2.33. The summed E-state index contributed by atoms with van der Waals surface area (Å²) < 4.78 is 6.47. The predicted octanol–water partition coefficient (Wildman–Crippen LogP) is 6.29. The minimum atomic E-state index is -0.0937. The Bertz CT molecular complexity index is 1040. The van der Waals surface area contributed by atoms with Crippen LogP contribution in [0.25, 0.3) is 20.5 Å². The Morgan fingerprint density at radius 2 is 1.52 bits per heavy atom. The van der Waals surface area contributed by atoms with Gasteiger partial charge in [0.25, 0.3) is 0 Å². The lowest BCUT2D eigenvalue weighted by molar-refractivity contribution is 0.332. The summed E-state index contributed by atoms with van der Waals surface area (Å²) in [5.74, 6) is 0.376. The summed E-state index contributed by atoms with van der Waals surface area (Å²) in [7, 11) is 1.53. The van der Waals surface area contributed by atoms with Gasteiger partial charge in [0.05, 0.1) is 7.11 Å². The first-order valence-electron chi connectivity index (χ1n) is 9.49. The second kappa shape index (κ2) is 6.20. The van der Waals surface area contributed by atoms with E-state index in [1.807, 2.05) is 12.1 Å². The largest absolute Gasteiger partial charge is 0.493 e. The van der Waals surface area contributed by atoms with Crippen molar-refractivity contribution in [2.24, 2.45) is 0 Å². The minimum Gasteiger partial charge on any atom is -0.493 e. The Labute approximate surface area is 164 Å². The van der Waals surface area contributed by atoms with Crippen LogP contribution in [0.1, 0.15) is 51.7 Å². The predicted molar refractivity (Wildman–Crippen MR) is 115 cm³/mol. The van der Waals surface area contributed by atoms with Crippen molar-refractivity contribution in [1.29, 1.82) is 0 Å². The number of benzene rings is 1. The van der Waals surface area contributed by atoms with Crippen LogP contribution < -0.4 is 10.2 Å². The molecule has 0 unspecified atom stereocenters. The van der Waals surface area contributed by atoms with Crippen molar-refractivity contribution in [1.82, 2.24) is 0 Å². The standard InChI is InChI=1S/C24H26O2S/c1-23(2)10-11-24(3,4)18-14-22-16(12-17(18)23)13-21(27-22)15-6-8-19(25)20(26-5)9-7-15/h6-9,12-14H,10-11H2,1-5H3. The van der Waals surface area contributed by atoms with Crippen molar-refractivity contribution in [3.05, 3.63) is 63.8 Å². The summed E-state index contributed by atoms with van der Waals surface area (Å²) in [4.78, 5) is 13.2. The molecule has 1 aliphatic carbocycles. The van der Waals surface area contributed by atoms with E-state index in [2.05, 4.69) is 45.9 Å². The number of thiophene rings is 1. The number of ether oxygens (including phenoxy) is 1. The number of rotatable bonds is 2. The summed E-state index contributed by atoms with van der Waals surface area (Å²) in [5.41, 5.74) is 4.36. The SMILES string of the molecule is COc1ccc(-c2cc3cc4c(cc3s2)C(C)(C)CCC4(C)C)ccc1=O. The second-order valence-corrected chi connectivity index (χ2v) is 9.95. The van der Waals surface area contributed by atoms with Crippen LogP contribution in [0.4, 0.5) is 0 Å². The van der Waals surface area contributed by atoms with Crippen LogP contribution in [0.3, 0.4) is 0 Å². The molecule has 4 rings (SSSR count). The van der Waals surface area contributed by atoms with Crippen LogP contribution in [-0.4, -0.2) is 7.11 Å². The average Bonchev–Trinajstić information content (AvgIpc) is 2.94. The summed E-state index contributed by atoms with van der Waals surface area (Å²) in [6.07, 6.45) is 2.44. The van der Waals surface area contributed by atoms with Gasteiger partial charge in [0.1, 0.15) is 0 Å². The molecular weight excluding hydrogens is 352 g/mol. The van der Waals surface area contributed by atoms with Crippen molar-refractivity contribution < 1.29 is 4.74 Å². The zero-order valence-electron chi connectivity index (χ0n) is 16.7. The van der Waals surface area contributed by atoms with Crippen LogP contribution in [0.2, 0.25) is 0 Å². The van der Waals surface area contributed by atoms with E-state index >= 15 is 0 Å². The first-order chi connectivity index (χ1) is 12.7. The first kappa shape index (κ1) is 18.2. The van der Waals surface area contributed by atoms with Gasteiger partial charge >= 0.3 is 0 Å². The van der Waals surface area contributed by atoms with Gasteiger partial charge in [0.15, 0.2) is 5.75 Å². The molecule has 2 aromatic carbocycles. The highest BCUT2D eigenvalue weighted by atomic mass is 32.1. The van der Waals surface area contributed by atoms with Crippen LogP contribution in [0.15, 0.2) is 47.3 Å². The van der Waals surface area contributed by atoms with Crippen molar-refractivity contribution in [3.63, 3.8) is 0 Å². The minimum absolute atomic E-state index is 0.0937. The summed E-state index contributed by atoms with van der Waals surface area (Å²) in [5, 5.41) is 1.29. The normalized spacial score (nSPS) is 17.5. The number of hydrogen-bond donors (Lipinski definition) is 0. The molecule has 0 amide bonds. The second-order valence-electron chi connectivity index (χ2n) is 8.87. The molecule has 3 heteroatoms. The molecule has 0 radical (unpaired) electrons. The Kier molecular flexibility index (Phi) is 4.19.